The van der Waals surface area contributed by atoms with Crippen molar-refractivity contribution in [2.75, 3.05) is 0 Å². The monoisotopic (exact) mass is 263 g/mol. The molecule has 0 bridgehead atoms. The van der Waals surface area contributed by atoms with Gasteiger partial charge in [-0.1, -0.05) is 6.07 Å². The van der Waals surface area contributed by atoms with E-state index in [0.717, 1.165) is 16.7 Å². The Bertz CT molecular complexity index is 766. The van der Waals surface area contributed by atoms with Gasteiger partial charge in [0.05, 0.1) is 5.52 Å². The Morgan fingerprint density at radius 2 is 1.75 bits per heavy atom. The summed E-state index contributed by atoms with van der Waals surface area (Å²) < 4.78 is 5.77. The largest absolute Gasteiger partial charge is 0.457 e. The maximum Gasteiger partial charge on any atom is 0.129 e. The first-order valence-corrected chi connectivity index (χ1v) is 6.19. The third-order valence-electron chi connectivity index (χ3n) is 2.98. The van der Waals surface area contributed by atoms with Crippen molar-refractivity contribution in [3.8, 4) is 11.5 Å². The number of ether oxygens (including phenoxy) is 1. The molecule has 0 saturated carbocycles. The van der Waals surface area contributed by atoms with Crippen LogP contribution >= 0.6 is 0 Å². The number of nitrogens with two attached hydrogens (primary N) is 1. The molecule has 0 unspecified atom stereocenters. The second-order valence-electron chi connectivity index (χ2n) is 4.40. The molecule has 4 nitrogen and oxygen atoms in total. The van der Waals surface area contributed by atoms with E-state index in [1.807, 2.05) is 30.3 Å². The van der Waals surface area contributed by atoms with Crippen LogP contribution in [0.2, 0.25) is 0 Å². The fourth-order valence-corrected chi connectivity index (χ4v) is 1.95. The Labute approximate surface area is 116 Å². The van der Waals surface area contributed by atoms with Gasteiger partial charge in [-0.2, -0.15) is 0 Å². The molecule has 4 heteroatoms. The quantitative estimate of drug-likeness (QED) is 0.562. The van der Waals surface area contributed by atoms with Crippen molar-refractivity contribution in [2.45, 2.75) is 0 Å². The van der Waals surface area contributed by atoms with E-state index >= 15 is 0 Å². The highest BCUT2D eigenvalue weighted by molar-refractivity contribution is 5.95. The second-order valence-corrected chi connectivity index (χ2v) is 4.40. The van der Waals surface area contributed by atoms with Gasteiger partial charge >= 0.3 is 0 Å². The Balaban J connectivity index is 1.87. The van der Waals surface area contributed by atoms with E-state index in [1.54, 1.807) is 30.5 Å². The van der Waals surface area contributed by atoms with Crippen molar-refractivity contribution in [1.82, 2.24) is 4.98 Å². The second kappa shape index (κ2) is 5.01. The molecule has 0 saturated heterocycles. The van der Waals surface area contributed by atoms with Crippen molar-refractivity contribution in [2.24, 2.45) is 5.73 Å². The van der Waals surface area contributed by atoms with Crippen LogP contribution < -0.4 is 10.5 Å². The Morgan fingerprint density at radius 3 is 2.50 bits per heavy atom. The summed E-state index contributed by atoms with van der Waals surface area (Å²) in [7, 11) is 0. The number of nitrogen functional groups attached to an aromatic ring is 1. The zero-order chi connectivity index (χ0) is 13.9. The molecule has 20 heavy (non-hydrogen) atoms. The molecule has 98 valence electrons. The number of nitrogens with one attached hydrogen (secondary N) is 1. The molecule has 2 aromatic carbocycles. The van der Waals surface area contributed by atoms with Gasteiger partial charge in [-0.05, 0) is 42.5 Å². The molecule has 0 aliphatic rings. The Morgan fingerprint density at radius 1 is 1.00 bits per heavy atom. The normalized spacial score (nSPS) is 10.4. The highest BCUT2D eigenvalue weighted by Gasteiger charge is 2.01. The predicted molar refractivity (Wildman–Crippen MR) is 79.3 cm³/mol. The summed E-state index contributed by atoms with van der Waals surface area (Å²) in [5.41, 5.74) is 6.98. The van der Waals surface area contributed by atoms with Gasteiger partial charge in [-0.3, -0.25) is 10.4 Å². The number of aromatic nitrogens is 1. The van der Waals surface area contributed by atoms with E-state index in [4.69, 9.17) is 15.9 Å². The molecule has 0 spiro atoms. The zero-order valence-corrected chi connectivity index (χ0v) is 10.7. The summed E-state index contributed by atoms with van der Waals surface area (Å²) in [6.07, 6.45) is 1.76. The van der Waals surface area contributed by atoms with E-state index in [9.17, 15) is 0 Å². The van der Waals surface area contributed by atoms with Crippen LogP contribution in [-0.4, -0.2) is 10.8 Å². The topological polar surface area (TPSA) is 72.0 Å². The standard InChI is InChI=1S/C16H13N3O/c17-16(18)12-4-6-13(7-5-12)20-14-8-3-11-2-1-9-19-15(11)10-14/h1-10H,(H3,17,18). The molecular formula is C16H13N3O. The fraction of sp³-hybridized carbons (Fsp3) is 0. The summed E-state index contributed by atoms with van der Waals surface area (Å²) in [6, 6.07) is 16.8. The minimum absolute atomic E-state index is 0.0476. The fourth-order valence-electron chi connectivity index (χ4n) is 1.95. The predicted octanol–water partition coefficient (Wildman–Crippen LogP) is 3.31. The molecule has 0 fully saturated rings. The third kappa shape index (κ3) is 2.44. The molecule has 0 atom stereocenters. The van der Waals surface area contributed by atoms with Crippen LogP contribution in [0.4, 0.5) is 0 Å². The molecule has 1 heterocycles. The number of benzene rings is 2. The van der Waals surface area contributed by atoms with E-state index in [1.165, 1.54) is 0 Å². The summed E-state index contributed by atoms with van der Waals surface area (Å²) in [5.74, 6) is 1.48. The van der Waals surface area contributed by atoms with Crippen LogP contribution in [0.15, 0.2) is 60.8 Å². The lowest BCUT2D eigenvalue weighted by molar-refractivity contribution is 0.483. The molecule has 3 rings (SSSR count). The van der Waals surface area contributed by atoms with E-state index < -0.39 is 0 Å². The number of hydrogen-bond acceptors (Lipinski definition) is 3. The summed E-state index contributed by atoms with van der Waals surface area (Å²) in [4.78, 5) is 4.30. The average Bonchev–Trinajstić information content (AvgIpc) is 2.48. The van der Waals surface area contributed by atoms with Crippen LogP contribution in [0.5, 0.6) is 11.5 Å². The van der Waals surface area contributed by atoms with Crippen LogP contribution in [0, 0.1) is 5.41 Å². The van der Waals surface area contributed by atoms with Gasteiger partial charge in [0.1, 0.15) is 17.3 Å². The van der Waals surface area contributed by atoms with Gasteiger partial charge < -0.3 is 10.5 Å². The Kier molecular flexibility index (Phi) is 3.05. The highest BCUT2D eigenvalue weighted by atomic mass is 16.5. The lowest BCUT2D eigenvalue weighted by Gasteiger charge is -2.07. The molecule has 0 amide bonds. The van der Waals surface area contributed by atoms with E-state index in [-0.39, 0.29) is 5.84 Å². The lowest BCUT2D eigenvalue weighted by atomic mass is 10.2. The maximum atomic E-state index is 7.35. The van der Waals surface area contributed by atoms with Gasteiger partial charge in [-0.15, -0.1) is 0 Å². The van der Waals surface area contributed by atoms with Gasteiger partial charge in [0, 0.05) is 23.2 Å². The van der Waals surface area contributed by atoms with Gasteiger partial charge in [0.15, 0.2) is 0 Å². The van der Waals surface area contributed by atoms with Crippen molar-refractivity contribution in [1.29, 1.82) is 5.41 Å². The highest BCUT2D eigenvalue weighted by Crippen LogP contribution is 2.24. The van der Waals surface area contributed by atoms with Gasteiger partial charge in [0.2, 0.25) is 0 Å². The minimum Gasteiger partial charge on any atom is -0.457 e. The summed E-state index contributed by atoms with van der Waals surface area (Å²) in [5, 5.41) is 8.42. The lowest BCUT2D eigenvalue weighted by Crippen LogP contribution is -2.10. The number of amidine groups is 1. The van der Waals surface area contributed by atoms with Crippen molar-refractivity contribution in [3.63, 3.8) is 0 Å². The first-order valence-electron chi connectivity index (χ1n) is 6.19. The minimum atomic E-state index is 0.0476. The maximum absolute atomic E-state index is 7.35. The number of fused-ring (bicyclic) bond motifs is 1. The van der Waals surface area contributed by atoms with Gasteiger partial charge in [-0.25, -0.2) is 0 Å². The third-order valence-corrected chi connectivity index (χ3v) is 2.98. The molecule has 0 aliphatic carbocycles. The van der Waals surface area contributed by atoms with E-state index in [2.05, 4.69) is 4.98 Å². The number of rotatable bonds is 3. The first-order chi connectivity index (χ1) is 9.72. The summed E-state index contributed by atoms with van der Waals surface area (Å²) in [6.45, 7) is 0. The average molecular weight is 263 g/mol. The molecule has 3 N–H and O–H groups in total. The smallest absolute Gasteiger partial charge is 0.129 e. The van der Waals surface area contributed by atoms with Crippen molar-refractivity contribution >= 4 is 16.7 Å². The van der Waals surface area contributed by atoms with E-state index in [0.29, 0.717) is 11.3 Å². The number of nitrogens with zero attached hydrogens (tertiary/aromatic N) is 1. The van der Waals surface area contributed by atoms with Gasteiger partial charge in [0.25, 0.3) is 0 Å². The van der Waals surface area contributed by atoms with Crippen LogP contribution in [-0.2, 0) is 0 Å². The summed E-state index contributed by atoms with van der Waals surface area (Å²) >= 11 is 0. The molecule has 3 aromatic rings. The molecular weight excluding hydrogens is 250 g/mol. The van der Waals surface area contributed by atoms with Crippen molar-refractivity contribution < 1.29 is 4.74 Å². The van der Waals surface area contributed by atoms with Crippen LogP contribution in [0.1, 0.15) is 5.56 Å². The van der Waals surface area contributed by atoms with Crippen LogP contribution in [0.25, 0.3) is 10.9 Å². The SMILES string of the molecule is N=C(N)c1ccc(Oc2ccc3cccnc3c2)cc1. The molecule has 0 aliphatic heterocycles. The zero-order valence-electron chi connectivity index (χ0n) is 10.7. The molecule has 0 radical (unpaired) electrons. The number of hydrogen-bond donors (Lipinski definition) is 2. The molecule has 1 aromatic heterocycles. The Hall–Kier alpha value is -2.88. The van der Waals surface area contributed by atoms with Crippen LogP contribution in [0.3, 0.4) is 0 Å². The number of pyridine rings is 1. The van der Waals surface area contributed by atoms with Crippen molar-refractivity contribution in [3.05, 3.63) is 66.4 Å². The first kappa shape index (κ1) is 12.2.